The molecule has 0 saturated carbocycles. The van der Waals surface area contributed by atoms with Crippen LogP contribution in [0.15, 0.2) is 158 Å². The summed E-state index contributed by atoms with van der Waals surface area (Å²) < 4.78 is 0. The van der Waals surface area contributed by atoms with Crippen LogP contribution in [0.4, 0.5) is 0 Å². The van der Waals surface area contributed by atoms with Gasteiger partial charge < -0.3 is 0 Å². The Morgan fingerprint density at radius 3 is 1.61 bits per heavy atom. The van der Waals surface area contributed by atoms with E-state index in [1.54, 1.807) is 0 Å². The SMILES string of the molecule is c1ccc(-c2ccc(-c3ccc4c(c3)C3(c5ccccc5-4)c4cccc5c(-c6ccccc6)ccc3c45)cc2)cc1. The monoisotopic (exact) mass is 518 g/mol. The molecule has 0 radical (unpaired) electrons. The van der Waals surface area contributed by atoms with E-state index >= 15 is 0 Å². The van der Waals surface area contributed by atoms with Crippen LogP contribution in [0.1, 0.15) is 22.3 Å². The van der Waals surface area contributed by atoms with E-state index in [1.807, 2.05) is 0 Å². The molecule has 2 aliphatic carbocycles. The minimum Gasteiger partial charge on any atom is -0.0622 e. The predicted molar refractivity (Wildman–Crippen MR) is 171 cm³/mol. The first-order chi connectivity index (χ1) is 20.3. The standard InChI is InChI=1S/C41H26/c1-3-10-27(11-4-1)28-18-20-29(21-19-28)31-22-23-34-33-14-7-8-16-36(33)41(39(34)26-31)37-17-9-15-35-32(24-25-38(41)40(35)37)30-12-5-2-6-13-30/h1-26H. The molecule has 2 aliphatic rings. The fourth-order valence-corrected chi connectivity index (χ4v) is 7.51. The van der Waals surface area contributed by atoms with Crippen molar-refractivity contribution >= 4 is 10.8 Å². The van der Waals surface area contributed by atoms with Crippen LogP contribution in [0, 0.1) is 0 Å². The quantitative estimate of drug-likeness (QED) is 0.218. The summed E-state index contributed by atoms with van der Waals surface area (Å²) in [6.07, 6.45) is 0. The van der Waals surface area contributed by atoms with Gasteiger partial charge in [0.25, 0.3) is 0 Å². The van der Waals surface area contributed by atoms with Gasteiger partial charge in [-0.25, -0.2) is 0 Å². The number of fused-ring (bicyclic) bond motifs is 7. The van der Waals surface area contributed by atoms with Crippen molar-refractivity contribution in [2.75, 3.05) is 0 Å². The zero-order valence-corrected chi connectivity index (χ0v) is 22.5. The highest BCUT2D eigenvalue weighted by Crippen LogP contribution is 2.64. The normalized spacial score (nSPS) is 15.9. The first kappa shape index (κ1) is 22.6. The summed E-state index contributed by atoms with van der Waals surface area (Å²) in [5.41, 5.74) is 15.7. The van der Waals surface area contributed by atoms with Crippen molar-refractivity contribution in [1.29, 1.82) is 0 Å². The average Bonchev–Trinajstić information content (AvgIpc) is 3.37. The molecule has 7 aromatic rings. The Bertz CT molecular complexity index is 2110. The van der Waals surface area contributed by atoms with E-state index in [9.17, 15) is 0 Å². The van der Waals surface area contributed by atoms with Gasteiger partial charge in [0.05, 0.1) is 5.41 Å². The molecule has 0 N–H and O–H groups in total. The van der Waals surface area contributed by atoms with E-state index in [2.05, 4.69) is 158 Å². The summed E-state index contributed by atoms with van der Waals surface area (Å²) in [5, 5.41) is 2.75. The van der Waals surface area contributed by atoms with Crippen LogP contribution in [-0.4, -0.2) is 0 Å². The number of hydrogen-bond donors (Lipinski definition) is 0. The summed E-state index contributed by atoms with van der Waals surface area (Å²) in [7, 11) is 0. The molecular weight excluding hydrogens is 492 g/mol. The van der Waals surface area contributed by atoms with Gasteiger partial charge in [-0.05, 0) is 83.6 Å². The third kappa shape index (κ3) is 3.00. The highest BCUT2D eigenvalue weighted by atomic mass is 14.5. The third-order valence-corrected chi connectivity index (χ3v) is 9.30. The van der Waals surface area contributed by atoms with Gasteiger partial charge in [0.1, 0.15) is 0 Å². The molecule has 0 saturated heterocycles. The molecule has 0 heterocycles. The van der Waals surface area contributed by atoms with Crippen molar-refractivity contribution < 1.29 is 0 Å². The molecule has 0 aliphatic heterocycles. The number of rotatable bonds is 3. The smallest absolute Gasteiger partial charge is 0.0622 e. The van der Waals surface area contributed by atoms with E-state index < -0.39 is 0 Å². The minimum atomic E-state index is -0.240. The van der Waals surface area contributed by atoms with E-state index in [0.29, 0.717) is 0 Å². The van der Waals surface area contributed by atoms with Crippen LogP contribution in [-0.2, 0) is 5.41 Å². The molecule has 0 heteroatoms. The molecular formula is C41H26. The molecule has 0 nitrogen and oxygen atoms in total. The van der Waals surface area contributed by atoms with Crippen molar-refractivity contribution in [2.24, 2.45) is 0 Å². The highest BCUT2D eigenvalue weighted by Gasteiger charge is 2.53. The summed E-state index contributed by atoms with van der Waals surface area (Å²) in [4.78, 5) is 0. The molecule has 1 spiro atoms. The average molecular weight is 519 g/mol. The van der Waals surface area contributed by atoms with Crippen molar-refractivity contribution in [3.8, 4) is 44.5 Å². The molecule has 0 fully saturated rings. The summed E-state index contributed by atoms with van der Waals surface area (Å²) >= 11 is 0. The van der Waals surface area contributed by atoms with Crippen molar-refractivity contribution in [3.63, 3.8) is 0 Å². The fraction of sp³-hybridized carbons (Fsp3) is 0.0244. The maximum Gasteiger partial charge on any atom is 0.0725 e. The maximum absolute atomic E-state index is 2.46. The molecule has 1 unspecified atom stereocenters. The van der Waals surface area contributed by atoms with Gasteiger partial charge in [-0.2, -0.15) is 0 Å². The zero-order valence-electron chi connectivity index (χ0n) is 22.5. The fourth-order valence-electron chi connectivity index (χ4n) is 7.51. The minimum absolute atomic E-state index is 0.240. The second kappa shape index (κ2) is 8.40. The van der Waals surface area contributed by atoms with Crippen LogP contribution in [0.3, 0.4) is 0 Å². The molecule has 0 aromatic heterocycles. The summed E-state index contributed by atoms with van der Waals surface area (Å²) in [5.74, 6) is 0. The Labute approximate surface area is 240 Å². The Morgan fingerprint density at radius 2 is 0.829 bits per heavy atom. The van der Waals surface area contributed by atoms with Crippen LogP contribution in [0.5, 0.6) is 0 Å². The van der Waals surface area contributed by atoms with Crippen LogP contribution in [0.2, 0.25) is 0 Å². The number of hydrogen-bond acceptors (Lipinski definition) is 0. The van der Waals surface area contributed by atoms with Gasteiger partial charge >= 0.3 is 0 Å². The molecule has 1 atom stereocenters. The Balaban J connectivity index is 1.23. The van der Waals surface area contributed by atoms with Gasteiger partial charge in [-0.1, -0.05) is 152 Å². The van der Waals surface area contributed by atoms with Crippen molar-refractivity contribution in [2.45, 2.75) is 5.41 Å². The first-order valence-electron chi connectivity index (χ1n) is 14.4. The lowest BCUT2D eigenvalue weighted by Gasteiger charge is -2.44. The lowest BCUT2D eigenvalue weighted by Crippen LogP contribution is -2.36. The first-order valence-corrected chi connectivity index (χ1v) is 14.4. The van der Waals surface area contributed by atoms with Crippen LogP contribution in [0.25, 0.3) is 55.3 Å². The molecule has 7 aromatic carbocycles. The van der Waals surface area contributed by atoms with E-state index in [1.165, 1.54) is 77.5 Å². The lowest BCUT2D eigenvalue weighted by molar-refractivity contribution is 0.745. The second-order valence-electron chi connectivity index (χ2n) is 11.3. The van der Waals surface area contributed by atoms with Gasteiger partial charge in [0.15, 0.2) is 0 Å². The van der Waals surface area contributed by atoms with E-state index in [4.69, 9.17) is 0 Å². The van der Waals surface area contributed by atoms with Crippen molar-refractivity contribution in [3.05, 3.63) is 180 Å². The zero-order chi connectivity index (χ0) is 27.0. The maximum atomic E-state index is 2.46. The Morgan fingerprint density at radius 1 is 0.293 bits per heavy atom. The van der Waals surface area contributed by atoms with Crippen LogP contribution < -0.4 is 0 Å². The summed E-state index contributed by atoms with van der Waals surface area (Å²) in [6, 6.07) is 58.2. The molecule has 190 valence electrons. The Hall–Kier alpha value is -5.20. The van der Waals surface area contributed by atoms with Gasteiger partial charge in [-0.3, -0.25) is 0 Å². The molecule has 41 heavy (non-hydrogen) atoms. The second-order valence-corrected chi connectivity index (χ2v) is 11.3. The predicted octanol–water partition coefficient (Wildman–Crippen LogP) is 10.5. The van der Waals surface area contributed by atoms with Gasteiger partial charge in [0, 0.05) is 0 Å². The van der Waals surface area contributed by atoms with Crippen molar-refractivity contribution in [1.82, 2.24) is 0 Å². The van der Waals surface area contributed by atoms with E-state index in [-0.39, 0.29) is 5.41 Å². The van der Waals surface area contributed by atoms with E-state index in [0.717, 1.165) is 0 Å². The highest BCUT2D eigenvalue weighted by molar-refractivity contribution is 6.10. The summed E-state index contributed by atoms with van der Waals surface area (Å²) in [6.45, 7) is 0. The van der Waals surface area contributed by atoms with Gasteiger partial charge in [0.2, 0.25) is 0 Å². The number of benzene rings is 7. The third-order valence-electron chi connectivity index (χ3n) is 9.30. The Kier molecular flexibility index (Phi) is 4.63. The van der Waals surface area contributed by atoms with Crippen LogP contribution >= 0.6 is 0 Å². The molecule has 0 bridgehead atoms. The topological polar surface area (TPSA) is 0 Å². The van der Waals surface area contributed by atoms with Gasteiger partial charge in [-0.15, -0.1) is 0 Å². The molecule has 0 amide bonds. The lowest BCUT2D eigenvalue weighted by atomic mass is 9.57. The largest absolute Gasteiger partial charge is 0.0725 e. The molecule has 9 rings (SSSR count).